The van der Waals surface area contributed by atoms with E-state index in [4.69, 9.17) is 14.2 Å². The predicted molar refractivity (Wildman–Crippen MR) is 303 cm³/mol. The maximum atomic E-state index is 12.9. The van der Waals surface area contributed by atoms with Crippen molar-refractivity contribution < 1.29 is 28.6 Å². The Morgan fingerprint density at radius 3 is 0.614 bits per heavy atom. The second-order valence-corrected chi connectivity index (χ2v) is 23.5. The molecule has 0 aromatic carbocycles. The van der Waals surface area contributed by atoms with Crippen LogP contribution in [0.25, 0.3) is 0 Å². The van der Waals surface area contributed by atoms with Crippen LogP contribution in [0.15, 0.2) is 0 Å². The van der Waals surface area contributed by atoms with Crippen LogP contribution in [-0.2, 0) is 28.6 Å². The van der Waals surface area contributed by atoms with Crippen LogP contribution < -0.4 is 0 Å². The molecule has 0 aliphatic rings. The van der Waals surface area contributed by atoms with Gasteiger partial charge in [-0.1, -0.05) is 318 Å². The summed E-state index contributed by atoms with van der Waals surface area (Å²) in [6.45, 7) is 13.8. The molecule has 0 radical (unpaired) electrons. The highest BCUT2D eigenvalue weighted by atomic mass is 16.6. The van der Waals surface area contributed by atoms with Gasteiger partial charge in [0.1, 0.15) is 13.2 Å². The molecule has 0 aliphatic heterocycles. The lowest BCUT2D eigenvalue weighted by molar-refractivity contribution is -0.167. The summed E-state index contributed by atoms with van der Waals surface area (Å²) in [5.74, 6) is 1.69. The predicted octanol–water partition coefficient (Wildman–Crippen LogP) is 21.1. The number of hydrogen-bond acceptors (Lipinski definition) is 6. The number of rotatable bonds is 57. The van der Waals surface area contributed by atoms with E-state index in [1.807, 2.05) is 0 Å². The van der Waals surface area contributed by atoms with E-state index < -0.39 is 6.10 Å². The van der Waals surface area contributed by atoms with Gasteiger partial charge in [0.2, 0.25) is 0 Å². The molecule has 0 aromatic rings. The molecule has 0 bridgehead atoms. The third-order valence-corrected chi connectivity index (χ3v) is 14.6. The average Bonchev–Trinajstić information content (AvgIpc) is 3.32. The molecule has 0 spiro atoms. The summed E-state index contributed by atoms with van der Waals surface area (Å²) in [5, 5.41) is 0. The van der Waals surface area contributed by atoms with Crippen LogP contribution in [0.4, 0.5) is 0 Å². The second-order valence-electron chi connectivity index (χ2n) is 23.5. The second kappa shape index (κ2) is 55.2. The van der Waals surface area contributed by atoms with E-state index in [-0.39, 0.29) is 31.1 Å². The van der Waals surface area contributed by atoms with Crippen molar-refractivity contribution in [1.82, 2.24) is 0 Å². The van der Waals surface area contributed by atoms with E-state index in [9.17, 15) is 14.4 Å². The first-order valence-electron chi connectivity index (χ1n) is 31.6. The number of hydrogen-bond donors (Lipinski definition) is 0. The van der Waals surface area contributed by atoms with E-state index in [1.54, 1.807) is 0 Å². The Labute approximate surface area is 438 Å². The highest BCUT2D eigenvalue weighted by molar-refractivity contribution is 5.71. The van der Waals surface area contributed by atoms with Gasteiger partial charge in [-0.15, -0.1) is 0 Å². The molecular weight excluding hydrogens is 865 g/mol. The van der Waals surface area contributed by atoms with Crippen molar-refractivity contribution in [3.63, 3.8) is 0 Å². The Morgan fingerprint density at radius 2 is 0.414 bits per heavy atom. The summed E-state index contributed by atoms with van der Waals surface area (Å²) in [7, 11) is 0. The molecule has 0 heterocycles. The molecule has 6 heteroatoms. The summed E-state index contributed by atoms with van der Waals surface area (Å²) in [5.41, 5.74) is 0. The fourth-order valence-electron chi connectivity index (χ4n) is 9.88. The van der Waals surface area contributed by atoms with Gasteiger partial charge in [-0.05, 0) is 37.0 Å². The summed E-state index contributed by atoms with van der Waals surface area (Å²) < 4.78 is 17.0. The van der Waals surface area contributed by atoms with Crippen LogP contribution in [0.3, 0.4) is 0 Å². The average molecular weight is 990 g/mol. The van der Waals surface area contributed by atoms with Gasteiger partial charge in [-0.3, -0.25) is 14.4 Å². The molecule has 0 aliphatic carbocycles. The van der Waals surface area contributed by atoms with Crippen molar-refractivity contribution in [2.24, 2.45) is 17.8 Å². The molecule has 416 valence electrons. The van der Waals surface area contributed by atoms with Gasteiger partial charge in [0.15, 0.2) is 6.10 Å². The van der Waals surface area contributed by atoms with Gasteiger partial charge >= 0.3 is 17.9 Å². The lowest BCUT2D eigenvalue weighted by Gasteiger charge is -2.18. The lowest BCUT2D eigenvalue weighted by Crippen LogP contribution is -2.30. The summed E-state index contributed by atoms with van der Waals surface area (Å²) >= 11 is 0. The third kappa shape index (κ3) is 57.3. The SMILES string of the molecule is CC(C)CCCCCCCCCCCCCCCCCCCCC(=O)OC[C@H](COC(=O)CCCCCCCCCCCCCCC(C)C)OC(=O)CCCCCCCCCCCCCCCC(C)C. The molecule has 1 atom stereocenters. The topological polar surface area (TPSA) is 78.9 Å². The molecule has 0 unspecified atom stereocenters. The Bertz CT molecular complexity index is 1090. The smallest absolute Gasteiger partial charge is 0.306 e. The molecule has 0 fully saturated rings. The fourth-order valence-corrected chi connectivity index (χ4v) is 9.88. The molecule has 0 saturated heterocycles. The van der Waals surface area contributed by atoms with Gasteiger partial charge < -0.3 is 14.2 Å². The van der Waals surface area contributed by atoms with Gasteiger partial charge in [-0.25, -0.2) is 0 Å². The maximum Gasteiger partial charge on any atom is 0.306 e. The number of unbranched alkanes of at least 4 members (excludes halogenated alkanes) is 40. The first kappa shape index (κ1) is 68.4. The van der Waals surface area contributed by atoms with E-state index in [1.165, 1.54) is 238 Å². The molecule has 0 amide bonds. The molecule has 0 rings (SSSR count). The van der Waals surface area contributed by atoms with E-state index in [2.05, 4.69) is 41.5 Å². The van der Waals surface area contributed by atoms with Crippen LogP contribution in [0.5, 0.6) is 0 Å². The first-order valence-corrected chi connectivity index (χ1v) is 31.6. The Morgan fingerprint density at radius 1 is 0.243 bits per heavy atom. The molecule has 70 heavy (non-hydrogen) atoms. The zero-order valence-electron chi connectivity index (χ0n) is 48.3. The molecule has 0 saturated carbocycles. The van der Waals surface area contributed by atoms with E-state index in [0.29, 0.717) is 19.3 Å². The van der Waals surface area contributed by atoms with Crippen LogP contribution >= 0.6 is 0 Å². The minimum absolute atomic E-state index is 0.0627. The quantitative estimate of drug-likeness (QED) is 0.0343. The summed E-state index contributed by atoms with van der Waals surface area (Å²) in [6.07, 6.45) is 59.6. The van der Waals surface area contributed by atoms with Crippen LogP contribution in [0, 0.1) is 17.8 Å². The van der Waals surface area contributed by atoms with Crippen molar-refractivity contribution in [1.29, 1.82) is 0 Å². The molecule has 0 aromatic heterocycles. The van der Waals surface area contributed by atoms with Crippen LogP contribution in [-0.4, -0.2) is 37.2 Å². The van der Waals surface area contributed by atoms with Gasteiger partial charge in [0.05, 0.1) is 0 Å². The monoisotopic (exact) mass is 989 g/mol. The van der Waals surface area contributed by atoms with Gasteiger partial charge in [0.25, 0.3) is 0 Å². The van der Waals surface area contributed by atoms with Crippen molar-refractivity contribution in [2.75, 3.05) is 13.2 Å². The highest BCUT2D eigenvalue weighted by Crippen LogP contribution is 2.19. The van der Waals surface area contributed by atoms with E-state index >= 15 is 0 Å². The Kier molecular flexibility index (Phi) is 53.9. The molecule has 0 N–H and O–H groups in total. The van der Waals surface area contributed by atoms with Crippen molar-refractivity contribution >= 4 is 17.9 Å². The summed E-state index contributed by atoms with van der Waals surface area (Å²) in [4.78, 5) is 38.3. The molecule has 6 nitrogen and oxygen atoms in total. The van der Waals surface area contributed by atoms with Crippen molar-refractivity contribution in [3.8, 4) is 0 Å². The van der Waals surface area contributed by atoms with Gasteiger partial charge in [0, 0.05) is 19.3 Å². The zero-order chi connectivity index (χ0) is 51.2. The molecular formula is C64H124O6. The number of ether oxygens (including phenoxy) is 3. The number of esters is 3. The Balaban J connectivity index is 4.27. The first-order chi connectivity index (χ1) is 34.1. The number of carbonyl (C=O) groups is 3. The number of carbonyl (C=O) groups excluding carboxylic acids is 3. The minimum Gasteiger partial charge on any atom is -0.462 e. The van der Waals surface area contributed by atoms with Crippen molar-refractivity contribution in [2.45, 2.75) is 362 Å². The Hall–Kier alpha value is -1.59. The fraction of sp³-hybridized carbons (Fsp3) is 0.953. The van der Waals surface area contributed by atoms with Crippen LogP contribution in [0.1, 0.15) is 356 Å². The van der Waals surface area contributed by atoms with Crippen molar-refractivity contribution in [3.05, 3.63) is 0 Å². The lowest BCUT2D eigenvalue weighted by atomic mass is 10.0. The maximum absolute atomic E-state index is 12.9. The van der Waals surface area contributed by atoms with E-state index in [0.717, 1.165) is 75.5 Å². The summed E-state index contributed by atoms with van der Waals surface area (Å²) in [6, 6.07) is 0. The highest BCUT2D eigenvalue weighted by Gasteiger charge is 2.19. The minimum atomic E-state index is -0.764. The third-order valence-electron chi connectivity index (χ3n) is 14.6. The van der Waals surface area contributed by atoms with Crippen LogP contribution in [0.2, 0.25) is 0 Å². The van der Waals surface area contributed by atoms with Gasteiger partial charge in [-0.2, -0.15) is 0 Å². The zero-order valence-corrected chi connectivity index (χ0v) is 48.3. The largest absolute Gasteiger partial charge is 0.462 e. The standard InChI is InChI=1S/C64H124O6/c1-58(2)50-44-38-32-26-20-14-11-9-7-8-10-12-16-23-29-35-41-47-53-62(65)68-56-61(57-69-63(66)54-48-42-36-30-24-19-18-22-28-34-40-46-52-60(5)6)70-64(67)55-49-43-37-31-25-17-13-15-21-27-33-39-45-51-59(3)4/h58-61H,7-57H2,1-6H3/t61-/m1/s1. The normalized spacial score (nSPS) is 12.1.